The monoisotopic (exact) mass is 347 g/mol. The van der Waals surface area contributed by atoms with Crippen molar-refractivity contribution < 1.29 is 21.4 Å². The van der Waals surface area contributed by atoms with Crippen LogP contribution >= 0.6 is 7.60 Å². The lowest BCUT2D eigenvalue weighted by atomic mass is 11.2. The molecule has 0 aromatic heterocycles. The van der Waals surface area contributed by atoms with Crippen LogP contribution in [0.2, 0.25) is 39.3 Å². The summed E-state index contributed by atoms with van der Waals surface area (Å²) in [7, 11) is -9.69. The molecule has 0 aromatic rings. The lowest BCUT2D eigenvalue weighted by molar-refractivity contribution is 0.363. The summed E-state index contributed by atoms with van der Waals surface area (Å²) in [5.74, 6) is 0. The van der Waals surface area contributed by atoms with E-state index in [0.717, 1.165) is 10.6 Å². The Kier molecular flexibility index (Phi) is 6.24. The zero-order valence-corrected chi connectivity index (χ0v) is 16.8. The summed E-state index contributed by atoms with van der Waals surface area (Å²) in [4.78, 5) is 0. The van der Waals surface area contributed by atoms with Crippen molar-refractivity contribution in [2.45, 2.75) is 39.3 Å². The Morgan fingerprint density at radius 1 is 1.00 bits per heavy atom. The molecule has 0 radical (unpaired) electrons. The summed E-state index contributed by atoms with van der Waals surface area (Å²) in [6, 6.07) is 0. The van der Waals surface area contributed by atoms with Gasteiger partial charge in [-0.15, -0.1) is 0 Å². The molecule has 0 heterocycles. The van der Waals surface area contributed by atoms with Crippen LogP contribution in [0.25, 0.3) is 0 Å². The van der Waals surface area contributed by atoms with Crippen molar-refractivity contribution in [3.8, 4) is 0 Å². The first kappa shape index (κ1) is 19.5. The maximum atomic E-state index is 12.8. The molecule has 0 aliphatic rings. The van der Waals surface area contributed by atoms with Crippen LogP contribution in [0.15, 0.2) is 0 Å². The second-order valence-electron chi connectivity index (χ2n) is 6.52. The molecule has 0 unspecified atom stereocenters. The SMILES string of the molecule is CN(CP(=O)(O[Si](C)(C)C)O[Si](C)(C)C)S(C)(=O)=O. The lowest BCUT2D eigenvalue weighted by Gasteiger charge is -2.32. The molecule has 0 saturated carbocycles. The van der Waals surface area contributed by atoms with Crippen LogP contribution in [0.3, 0.4) is 0 Å². The molecule has 116 valence electrons. The fraction of sp³-hybridized carbons (Fsp3) is 1.00. The largest absolute Gasteiger partial charge is 0.351 e. The third-order valence-electron chi connectivity index (χ3n) is 1.76. The molecule has 0 N–H and O–H groups in total. The van der Waals surface area contributed by atoms with E-state index in [2.05, 4.69) is 0 Å². The van der Waals surface area contributed by atoms with Crippen LogP contribution in [0, 0.1) is 0 Å². The number of sulfonamides is 1. The van der Waals surface area contributed by atoms with E-state index < -0.39 is 34.3 Å². The van der Waals surface area contributed by atoms with Gasteiger partial charge < -0.3 is 8.43 Å². The molecular weight excluding hydrogens is 321 g/mol. The Hall–Kier alpha value is 0.494. The predicted octanol–water partition coefficient (Wildman–Crippen LogP) is 2.73. The molecule has 0 saturated heterocycles. The maximum Gasteiger partial charge on any atom is 0.326 e. The highest BCUT2D eigenvalue weighted by atomic mass is 32.2. The van der Waals surface area contributed by atoms with Crippen LogP contribution < -0.4 is 0 Å². The van der Waals surface area contributed by atoms with Crippen LogP contribution in [0.1, 0.15) is 0 Å². The minimum absolute atomic E-state index is 0.236. The first-order chi connectivity index (χ1) is 8.04. The summed E-state index contributed by atoms with van der Waals surface area (Å²) < 4.78 is 48.1. The summed E-state index contributed by atoms with van der Waals surface area (Å²) in [5.41, 5.74) is 0. The van der Waals surface area contributed by atoms with Crippen molar-refractivity contribution in [3.05, 3.63) is 0 Å². The van der Waals surface area contributed by atoms with E-state index in [1.807, 2.05) is 39.3 Å². The number of nitrogens with zero attached hydrogens (tertiary/aromatic N) is 1. The van der Waals surface area contributed by atoms with E-state index >= 15 is 0 Å². The van der Waals surface area contributed by atoms with E-state index in [1.165, 1.54) is 7.05 Å². The normalized spacial score (nSPS) is 15.0. The highest BCUT2D eigenvalue weighted by Crippen LogP contribution is 2.53. The molecule has 6 nitrogen and oxygen atoms in total. The average Bonchev–Trinajstić information content (AvgIpc) is 1.91. The summed E-state index contributed by atoms with van der Waals surface area (Å²) in [6.07, 6.45) is 0.834. The van der Waals surface area contributed by atoms with Gasteiger partial charge >= 0.3 is 7.60 Å². The van der Waals surface area contributed by atoms with Crippen LogP contribution in [-0.2, 0) is 23.0 Å². The number of hydrogen-bond donors (Lipinski definition) is 0. The molecule has 0 amide bonds. The molecular formula is C9H26NO5PSSi2. The Bertz CT molecular complexity index is 434. The van der Waals surface area contributed by atoms with Gasteiger partial charge in [0.25, 0.3) is 0 Å². The number of rotatable bonds is 7. The van der Waals surface area contributed by atoms with Crippen LogP contribution in [-0.4, -0.2) is 48.9 Å². The van der Waals surface area contributed by atoms with E-state index in [9.17, 15) is 13.0 Å². The molecule has 0 atom stereocenters. The van der Waals surface area contributed by atoms with Crippen molar-refractivity contribution in [2.24, 2.45) is 0 Å². The van der Waals surface area contributed by atoms with Gasteiger partial charge in [-0.2, -0.15) is 4.31 Å². The molecule has 10 heteroatoms. The standard InChI is InChI=1S/C9H26NO5PSSi2/c1-10(17(2,12)13)9-16(11,14-18(3,4)5)15-19(6,7)8/h9H2,1-8H3. The van der Waals surface area contributed by atoms with E-state index in [1.54, 1.807) is 0 Å². The zero-order chi connectivity index (χ0) is 15.7. The minimum atomic E-state index is -3.44. The maximum absolute atomic E-state index is 12.8. The van der Waals surface area contributed by atoms with Crippen molar-refractivity contribution in [1.29, 1.82) is 0 Å². The molecule has 0 rings (SSSR count). The van der Waals surface area contributed by atoms with E-state index in [0.29, 0.717) is 0 Å². The topological polar surface area (TPSA) is 72.9 Å². The van der Waals surface area contributed by atoms with Crippen molar-refractivity contribution in [1.82, 2.24) is 4.31 Å². The van der Waals surface area contributed by atoms with Gasteiger partial charge in [-0.05, 0) is 39.3 Å². The molecule has 0 spiro atoms. The van der Waals surface area contributed by atoms with E-state index in [-0.39, 0.29) is 6.29 Å². The predicted molar refractivity (Wildman–Crippen MR) is 83.9 cm³/mol. The molecule has 0 fully saturated rings. The number of hydrogen-bond acceptors (Lipinski definition) is 5. The van der Waals surface area contributed by atoms with E-state index in [4.69, 9.17) is 8.43 Å². The van der Waals surface area contributed by atoms with Gasteiger partial charge in [0.2, 0.25) is 10.0 Å². The fourth-order valence-corrected chi connectivity index (χ4v) is 10.6. The third-order valence-corrected chi connectivity index (χ3v) is 10.6. The van der Waals surface area contributed by atoms with Gasteiger partial charge in [-0.25, -0.2) is 8.42 Å². The Morgan fingerprint density at radius 2 is 1.32 bits per heavy atom. The summed E-state index contributed by atoms with van der Waals surface area (Å²) in [5, 5.41) is 0. The van der Waals surface area contributed by atoms with Crippen LogP contribution in [0.4, 0.5) is 0 Å². The smallest absolute Gasteiger partial charge is 0.326 e. The van der Waals surface area contributed by atoms with Crippen molar-refractivity contribution in [2.75, 3.05) is 19.6 Å². The average molecular weight is 348 g/mol. The minimum Gasteiger partial charge on any atom is -0.351 e. The van der Waals surface area contributed by atoms with Crippen molar-refractivity contribution in [3.63, 3.8) is 0 Å². The quantitative estimate of drug-likeness (QED) is 0.523. The summed E-state index contributed by atoms with van der Waals surface area (Å²) >= 11 is 0. The van der Waals surface area contributed by atoms with Gasteiger partial charge in [-0.1, -0.05) is 0 Å². The molecule has 0 aliphatic heterocycles. The first-order valence-corrected chi connectivity index (χ1v) is 16.4. The Labute approximate surface area is 119 Å². The van der Waals surface area contributed by atoms with Crippen molar-refractivity contribution >= 4 is 34.3 Å². The zero-order valence-electron chi connectivity index (χ0n) is 13.1. The molecule has 0 bridgehead atoms. The third kappa shape index (κ3) is 9.12. The lowest BCUT2D eigenvalue weighted by Crippen LogP contribution is -2.35. The molecule has 19 heavy (non-hydrogen) atoms. The second-order valence-corrected chi connectivity index (χ2v) is 20.0. The Balaban J connectivity index is 5.25. The molecule has 0 aliphatic carbocycles. The Morgan fingerprint density at radius 3 is 1.53 bits per heavy atom. The van der Waals surface area contributed by atoms with Gasteiger partial charge in [0.1, 0.15) is 6.29 Å². The van der Waals surface area contributed by atoms with Gasteiger partial charge in [-0.3, -0.25) is 4.57 Å². The first-order valence-electron chi connectivity index (χ1n) is 5.96. The molecule has 0 aromatic carbocycles. The van der Waals surface area contributed by atoms with Gasteiger partial charge in [0.05, 0.1) is 6.26 Å². The second kappa shape index (κ2) is 6.09. The fourth-order valence-electron chi connectivity index (χ4n) is 1.26. The summed E-state index contributed by atoms with van der Waals surface area (Å²) in [6.45, 7) is 11.4. The van der Waals surface area contributed by atoms with Crippen LogP contribution in [0.5, 0.6) is 0 Å². The highest BCUT2D eigenvalue weighted by Gasteiger charge is 2.38. The van der Waals surface area contributed by atoms with Gasteiger partial charge in [0, 0.05) is 7.05 Å². The van der Waals surface area contributed by atoms with Gasteiger partial charge in [0.15, 0.2) is 16.6 Å². The highest BCUT2D eigenvalue weighted by molar-refractivity contribution is 7.88.